The highest BCUT2D eigenvalue weighted by atomic mass is 16.5. The summed E-state index contributed by atoms with van der Waals surface area (Å²) < 4.78 is 21.8. The normalized spacial score (nSPS) is 10.5. The van der Waals surface area contributed by atoms with Gasteiger partial charge in [0.05, 0.1) is 19.3 Å². The first-order chi connectivity index (χ1) is 16.2. The first-order valence-electron chi connectivity index (χ1n) is 10.4. The van der Waals surface area contributed by atoms with Crippen molar-refractivity contribution in [3.05, 3.63) is 72.8 Å². The number of hydrogen-bond acceptors (Lipinski definition) is 7. The smallest absolute Gasteiger partial charge is 0.262 e. The van der Waals surface area contributed by atoms with Crippen molar-refractivity contribution >= 4 is 11.6 Å². The van der Waals surface area contributed by atoms with E-state index in [0.717, 1.165) is 11.3 Å². The lowest BCUT2D eigenvalue weighted by Crippen LogP contribution is -2.20. The number of amides is 1. The third-order valence-electron chi connectivity index (χ3n) is 4.70. The number of carbonyl (C=O) groups is 1. The van der Waals surface area contributed by atoms with Crippen LogP contribution in [0.15, 0.2) is 77.3 Å². The number of aromatic nitrogens is 2. The summed E-state index contributed by atoms with van der Waals surface area (Å²) in [6.07, 6.45) is 0. The predicted molar refractivity (Wildman–Crippen MR) is 123 cm³/mol. The van der Waals surface area contributed by atoms with Crippen LogP contribution in [0.4, 0.5) is 5.69 Å². The molecule has 0 spiro atoms. The van der Waals surface area contributed by atoms with Gasteiger partial charge in [0, 0.05) is 11.3 Å². The minimum absolute atomic E-state index is 0.174. The van der Waals surface area contributed by atoms with Crippen molar-refractivity contribution in [2.45, 2.75) is 6.92 Å². The van der Waals surface area contributed by atoms with Crippen LogP contribution in [-0.4, -0.2) is 36.4 Å². The van der Waals surface area contributed by atoms with E-state index in [1.165, 1.54) is 0 Å². The lowest BCUT2D eigenvalue weighted by Gasteiger charge is -2.10. The largest absolute Gasteiger partial charge is 0.497 e. The van der Waals surface area contributed by atoms with Crippen LogP contribution >= 0.6 is 0 Å². The number of benzene rings is 3. The van der Waals surface area contributed by atoms with Gasteiger partial charge in [0.1, 0.15) is 17.2 Å². The van der Waals surface area contributed by atoms with Crippen LogP contribution < -0.4 is 19.5 Å². The second kappa shape index (κ2) is 10.3. The van der Waals surface area contributed by atoms with E-state index < -0.39 is 0 Å². The van der Waals surface area contributed by atoms with Gasteiger partial charge in [-0.15, -0.1) is 0 Å². The molecule has 1 amide bonds. The molecule has 0 saturated heterocycles. The first kappa shape index (κ1) is 21.9. The van der Waals surface area contributed by atoms with E-state index in [2.05, 4.69) is 15.5 Å². The summed E-state index contributed by atoms with van der Waals surface area (Å²) in [5.74, 6) is 2.40. The molecule has 0 saturated carbocycles. The lowest BCUT2D eigenvalue weighted by atomic mass is 10.2. The number of hydrogen-bond donors (Lipinski definition) is 1. The lowest BCUT2D eigenvalue weighted by molar-refractivity contribution is -0.118. The second-order valence-corrected chi connectivity index (χ2v) is 6.94. The van der Waals surface area contributed by atoms with Gasteiger partial charge in [-0.2, -0.15) is 4.98 Å². The summed E-state index contributed by atoms with van der Waals surface area (Å²) >= 11 is 0. The van der Waals surface area contributed by atoms with E-state index in [1.54, 1.807) is 37.4 Å². The zero-order chi connectivity index (χ0) is 23.0. The topological polar surface area (TPSA) is 95.7 Å². The van der Waals surface area contributed by atoms with Crippen molar-refractivity contribution in [3.8, 4) is 40.1 Å². The van der Waals surface area contributed by atoms with Crippen LogP contribution in [0, 0.1) is 0 Å². The Balaban J connectivity index is 1.43. The molecule has 1 aromatic heterocycles. The molecule has 8 nitrogen and oxygen atoms in total. The van der Waals surface area contributed by atoms with Gasteiger partial charge in [-0.1, -0.05) is 17.3 Å². The van der Waals surface area contributed by atoms with Gasteiger partial charge in [0.15, 0.2) is 6.61 Å². The Hall–Kier alpha value is -4.33. The summed E-state index contributed by atoms with van der Waals surface area (Å²) in [5, 5.41) is 6.87. The summed E-state index contributed by atoms with van der Waals surface area (Å²) in [4.78, 5) is 16.8. The highest BCUT2D eigenvalue weighted by molar-refractivity contribution is 5.92. The average Bonchev–Trinajstić information content (AvgIpc) is 3.34. The molecule has 33 heavy (non-hydrogen) atoms. The maximum absolute atomic E-state index is 12.3. The van der Waals surface area contributed by atoms with E-state index in [1.807, 2.05) is 49.4 Å². The zero-order valence-corrected chi connectivity index (χ0v) is 18.3. The molecule has 8 heteroatoms. The van der Waals surface area contributed by atoms with Crippen molar-refractivity contribution in [2.24, 2.45) is 0 Å². The van der Waals surface area contributed by atoms with Gasteiger partial charge in [-0.3, -0.25) is 4.79 Å². The number of rotatable bonds is 9. The van der Waals surface area contributed by atoms with Crippen molar-refractivity contribution in [1.82, 2.24) is 10.1 Å². The number of anilines is 1. The maximum Gasteiger partial charge on any atom is 0.262 e. The Kier molecular flexibility index (Phi) is 6.84. The highest BCUT2D eigenvalue weighted by Crippen LogP contribution is 2.30. The van der Waals surface area contributed by atoms with E-state index >= 15 is 0 Å². The summed E-state index contributed by atoms with van der Waals surface area (Å²) in [7, 11) is 1.59. The molecule has 0 fully saturated rings. The summed E-state index contributed by atoms with van der Waals surface area (Å²) in [5.41, 5.74) is 2.04. The molecule has 1 heterocycles. The van der Waals surface area contributed by atoms with Crippen molar-refractivity contribution in [2.75, 3.05) is 25.6 Å². The van der Waals surface area contributed by atoms with Gasteiger partial charge < -0.3 is 24.1 Å². The fraction of sp³-hybridized carbons (Fsp3) is 0.160. The first-order valence-corrected chi connectivity index (χ1v) is 10.4. The van der Waals surface area contributed by atoms with E-state index in [4.69, 9.17) is 18.7 Å². The molecule has 0 radical (unpaired) electrons. The van der Waals surface area contributed by atoms with Crippen molar-refractivity contribution in [3.63, 3.8) is 0 Å². The molecule has 4 rings (SSSR count). The van der Waals surface area contributed by atoms with E-state index in [-0.39, 0.29) is 12.5 Å². The van der Waals surface area contributed by atoms with Gasteiger partial charge in [-0.25, -0.2) is 0 Å². The number of carbonyl (C=O) groups excluding carboxylic acids is 1. The minimum atomic E-state index is -0.293. The fourth-order valence-electron chi connectivity index (χ4n) is 3.10. The predicted octanol–water partition coefficient (Wildman–Crippen LogP) is 4.83. The van der Waals surface area contributed by atoms with Crippen LogP contribution in [0.25, 0.3) is 22.8 Å². The Labute approximate surface area is 191 Å². The van der Waals surface area contributed by atoms with Gasteiger partial charge in [0.2, 0.25) is 5.82 Å². The molecule has 4 aromatic rings. The monoisotopic (exact) mass is 445 g/mol. The molecule has 0 atom stereocenters. The van der Waals surface area contributed by atoms with E-state index in [0.29, 0.717) is 41.1 Å². The maximum atomic E-state index is 12.3. The standard InChI is InChI=1S/C25H23N3O5/c1-3-31-20-12-8-17(9-13-20)25-27-24(28-33-25)21-6-4-5-7-22(21)32-16-23(29)26-18-10-14-19(30-2)15-11-18/h4-15H,3,16H2,1-2H3,(H,26,29). The molecule has 0 aliphatic carbocycles. The molecule has 3 aromatic carbocycles. The van der Waals surface area contributed by atoms with Gasteiger partial charge in [0.25, 0.3) is 11.8 Å². The molecular weight excluding hydrogens is 422 g/mol. The Morgan fingerprint density at radius 3 is 2.39 bits per heavy atom. The molecule has 168 valence electrons. The van der Waals surface area contributed by atoms with Crippen molar-refractivity contribution in [1.29, 1.82) is 0 Å². The van der Waals surface area contributed by atoms with Crippen LogP contribution in [0.5, 0.6) is 17.2 Å². The highest BCUT2D eigenvalue weighted by Gasteiger charge is 2.15. The van der Waals surface area contributed by atoms with Gasteiger partial charge in [-0.05, 0) is 67.6 Å². The fourth-order valence-corrected chi connectivity index (χ4v) is 3.10. The number of methoxy groups -OCH3 is 1. The second-order valence-electron chi connectivity index (χ2n) is 6.94. The van der Waals surface area contributed by atoms with Crippen LogP contribution in [-0.2, 0) is 4.79 Å². The van der Waals surface area contributed by atoms with Crippen molar-refractivity contribution < 1.29 is 23.5 Å². The zero-order valence-electron chi connectivity index (χ0n) is 18.3. The molecule has 0 aliphatic heterocycles. The minimum Gasteiger partial charge on any atom is -0.497 e. The quantitative estimate of drug-likeness (QED) is 0.394. The Bertz CT molecular complexity index is 1200. The summed E-state index contributed by atoms with van der Waals surface area (Å²) in [6, 6.07) is 21.7. The Morgan fingerprint density at radius 1 is 0.939 bits per heavy atom. The van der Waals surface area contributed by atoms with Crippen LogP contribution in [0.3, 0.4) is 0 Å². The Morgan fingerprint density at radius 2 is 1.67 bits per heavy atom. The average molecular weight is 445 g/mol. The summed E-state index contributed by atoms with van der Waals surface area (Å²) in [6.45, 7) is 2.35. The molecular formula is C25H23N3O5. The van der Waals surface area contributed by atoms with E-state index in [9.17, 15) is 4.79 Å². The number of para-hydroxylation sites is 1. The third kappa shape index (κ3) is 5.48. The molecule has 1 N–H and O–H groups in total. The number of nitrogens with one attached hydrogen (secondary N) is 1. The molecule has 0 unspecified atom stereocenters. The molecule has 0 bridgehead atoms. The molecule has 0 aliphatic rings. The SMILES string of the molecule is CCOc1ccc(-c2nc(-c3ccccc3OCC(=O)Nc3ccc(OC)cc3)no2)cc1. The van der Waals surface area contributed by atoms with Crippen LogP contribution in [0.2, 0.25) is 0 Å². The number of ether oxygens (including phenoxy) is 3. The van der Waals surface area contributed by atoms with Gasteiger partial charge >= 0.3 is 0 Å². The third-order valence-corrected chi connectivity index (χ3v) is 4.70. The van der Waals surface area contributed by atoms with Crippen LogP contribution in [0.1, 0.15) is 6.92 Å². The number of nitrogens with zero attached hydrogens (tertiary/aromatic N) is 2.